The second-order valence-corrected chi connectivity index (χ2v) is 3.91. The van der Waals surface area contributed by atoms with Crippen molar-refractivity contribution in [3.05, 3.63) is 12.2 Å². The topological polar surface area (TPSA) is 89.9 Å². The lowest BCUT2D eigenvalue weighted by Crippen LogP contribution is -2.21. The van der Waals surface area contributed by atoms with Crippen LogP contribution in [0.25, 0.3) is 0 Å². The van der Waals surface area contributed by atoms with E-state index in [9.17, 15) is 14.4 Å². The monoisotopic (exact) mass is 272 g/mol. The van der Waals surface area contributed by atoms with Crippen molar-refractivity contribution in [2.75, 3.05) is 13.2 Å². The third kappa shape index (κ3) is 7.23. The molecular weight excluding hydrogens is 252 g/mol. The van der Waals surface area contributed by atoms with Crippen LogP contribution < -0.4 is 0 Å². The normalized spacial score (nSPS) is 11.5. The van der Waals surface area contributed by atoms with E-state index < -0.39 is 23.8 Å². The fourth-order valence-corrected chi connectivity index (χ4v) is 1.47. The predicted molar refractivity (Wildman–Crippen MR) is 67.4 cm³/mol. The summed E-state index contributed by atoms with van der Waals surface area (Å²) in [6.07, 6.45) is 0.196. The maximum absolute atomic E-state index is 11.7. The summed E-state index contributed by atoms with van der Waals surface area (Å²) in [5.41, 5.74) is -0.0816. The molecule has 1 unspecified atom stereocenters. The van der Waals surface area contributed by atoms with Crippen LogP contribution in [0.15, 0.2) is 12.2 Å². The summed E-state index contributed by atoms with van der Waals surface area (Å²) in [4.78, 5) is 33.6. The highest BCUT2D eigenvalue weighted by Crippen LogP contribution is 2.18. The number of carbonyl (C=O) groups is 3. The van der Waals surface area contributed by atoms with Gasteiger partial charge in [-0.25, -0.2) is 4.79 Å². The molecule has 0 bridgehead atoms. The molecule has 0 aliphatic heterocycles. The van der Waals surface area contributed by atoms with Gasteiger partial charge in [0, 0.05) is 12.0 Å². The average Bonchev–Trinajstić information content (AvgIpc) is 2.34. The smallest absolute Gasteiger partial charge is 0.330 e. The standard InChI is InChI=1S/C13H20O6/c1-4-18-11(14)7-6-10(13(17)19-5-2)8-9(3)12(15)16/h10H,3-8H2,1-2H3,(H,15,16). The molecule has 6 nitrogen and oxygen atoms in total. The summed E-state index contributed by atoms with van der Waals surface area (Å²) in [7, 11) is 0. The highest BCUT2D eigenvalue weighted by molar-refractivity contribution is 5.87. The maximum atomic E-state index is 11.7. The van der Waals surface area contributed by atoms with E-state index in [1.165, 1.54) is 0 Å². The number of carboxylic acids is 1. The summed E-state index contributed by atoms with van der Waals surface area (Å²) in [5.74, 6) is -2.79. The van der Waals surface area contributed by atoms with Crippen LogP contribution in [0.5, 0.6) is 0 Å². The van der Waals surface area contributed by atoms with Crippen molar-refractivity contribution in [2.45, 2.75) is 33.1 Å². The maximum Gasteiger partial charge on any atom is 0.330 e. The van der Waals surface area contributed by atoms with Crippen molar-refractivity contribution in [1.29, 1.82) is 0 Å². The van der Waals surface area contributed by atoms with Crippen LogP contribution in [0.1, 0.15) is 33.1 Å². The number of rotatable bonds is 9. The molecule has 19 heavy (non-hydrogen) atoms. The molecule has 108 valence electrons. The van der Waals surface area contributed by atoms with Crippen LogP contribution in [0, 0.1) is 5.92 Å². The number of esters is 2. The van der Waals surface area contributed by atoms with Gasteiger partial charge in [0.15, 0.2) is 0 Å². The molecule has 0 aliphatic carbocycles. The minimum absolute atomic E-state index is 0.0342. The molecule has 0 spiro atoms. The lowest BCUT2D eigenvalue weighted by Gasteiger charge is -2.15. The summed E-state index contributed by atoms with van der Waals surface area (Å²) in [5, 5.41) is 8.76. The van der Waals surface area contributed by atoms with Gasteiger partial charge < -0.3 is 14.6 Å². The molecule has 1 atom stereocenters. The van der Waals surface area contributed by atoms with Crippen molar-refractivity contribution >= 4 is 17.9 Å². The highest BCUT2D eigenvalue weighted by Gasteiger charge is 2.24. The third-order valence-corrected chi connectivity index (χ3v) is 2.42. The molecular formula is C13H20O6. The third-order valence-electron chi connectivity index (χ3n) is 2.42. The van der Waals surface area contributed by atoms with Crippen molar-refractivity contribution in [3.8, 4) is 0 Å². The molecule has 0 aliphatic rings. The Morgan fingerprint density at radius 3 is 2.21 bits per heavy atom. The zero-order valence-electron chi connectivity index (χ0n) is 11.3. The van der Waals surface area contributed by atoms with Crippen molar-refractivity contribution in [3.63, 3.8) is 0 Å². The van der Waals surface area contributed by atoms with Crippen LogP contribution >= 0.6 is 0 Å². The highest BCUT2D eigenvalue weighted by atomic mass is 16.5. The van der Waals surface area contributed by atoms with Crippen LogP contribution in [0.3, 0.4) is 0 Å². The molecule has 0 heterocycles. The van der Waals surface area contributed by atoms with Gasteiger partial charge in [-0.1, -0.05) is 6.58 Å². The number of aliphatic carboxylic acids is 1. The van der Waals surface area contributed by atoms with E-state index in [-0.39, 0.29) is 38.0 Å². The van der Waals surface area contributed by atoms with E-state index in [4.69, 9.17) is 14.6 Å². The lowest BCUT2D eigenvalue weighted by atomic mass is 9.95. The van der Waals surface area contributed by atoms with E-state index in [1.807, 2.05) is 0 Å². The fraction of sp³-hybridized carbons (Fsp3) is 0.615. The number of hydrogen-bond acceptors (Lipinski definition) is 5. The minimum atomic E-state index is -1.16. The molecule has 0 saturated heterocycles. The minimum Gasteiger partial charge on any atom is -0.478 e. The Hall–Kier alpha value is -1.85. The summed E-state index contributed by atoms with van der Waals surface area (Å²) < 4.78 is 9.61. The summed E-state index contributed by atoms with van der Waals surface area (Å²) in [6, 6.07) is 0. The van der Waals surface area contributed by atoms with Gasteiger partial charge in [0.1, 0.15) is 0 Å². The van der Waals surface area contributed by atoms with Crippen molar-refractivity contribution in [2.24, 2.45) is 5.92 Å². The Bertz CT molecular complexity index is 347. The number of hydrogen-bond donors (Lipinski definition) is 1. The first-order chi connectivity index (χ1) is 8.92. The second kappa shape index (κ2) is 9.13. The van der Waals surface area contributed by atoms with E-state index in [1.54, 1.807) is 13.8 Å². The first-order valence-corrected chi connectivity index (χ1v) is 6.15. The van der Waals surface area contributed by atoms with Crippen LogP contribution in [-0.4, -0.2) is 36.2 Å². The fourth-order valence-electron chi connectivity index (χ4n) is 1.47. The molecule has 6 heteroatoms. The molecule has 0 aromatic carbocycles. The molecule has 0 amide bonds. The largest absolute Gasteiger partial charge is 0.478 e. The van der Waals surface area contributed by atoms with Gasteiger partial charge in [0.25, 0.3) is 0 Å². The SMILES string of the molecule is C=C(CC(CCC(=O)OCC)C(=O)OCC)C(=O)O. The Labute approximate surface area is 112 Å². The number of carbonyl (C=O) groups excluding carboxylic acids is 2. The second-order valence-electron chi connectivity index (χ2n) is 3.91. The molecule has 0 aromatic rings. The summed E-state index contributed by atoms with van der Waals surface area (Å²) in [6.45, 7) is 7.19. The van der Waals surface area contributed by atoms with Gasteiger partial charge in [-0.2, -0.15) is 0 Å². The molecule has 0 radical (unpaired) electrons. The van der Waals surface area contributed by atoms with E-state index in [2.05, 4.69) is 6.58 Å². The lowest BCUT2D eigenvalue weighted by molar-refractivity contribution is -0.149. The Kier molecular flexibility index (Phi) is 8.24. The molecule has 1 N–H and O–H groups in total. The van der Waals surface area contributed by atoms with Crippen molar-refractivity contribution in [1.82, 2.24) is 0 Å². The first-order valence-electron chi connectivity index (χ1n) is 6.15. The van der Waals surface area contributed by atoms with Crippen LogP contribution in [0.2, 0.25) is 0 Å². The Morgan fingerprint density at radius 2 is 1.74 bits per heavy atom. The number of ether oxygens (including phenoxy) is 2. The quantitative estimate of drug-likeness (QED) is 0.506. The van der Waals surface area contributed by atoms with Gasteiger partial charge in [-0.15, -0.1) is 0 Å². The molecule has 0 rings (SSSR count). The van der Waals surface area contributed by atoms with Crippen LogP contribution in [-0.2, 0) is 23.9 Å². The predicted octanol–water partition coefficient (Wildman–Crippen LogP) is 1.54. The zero-order valence-corrected chi connectivity index (χ0v) is 11.3. The van der Waals surface area contributed by atoms with Gasteiger partial charge in [-0.05, 0) is 26.7 Å². The van der Waals surface area contributed by atoms with Gasteiger partial charge in [0.05, 0.1) is 19.1 Å². The Balaban J connectivity index is 4.50. The van der Waals surface area contributed by atoms with Gasteiger partial charge >= 0.3 is 17.9 Å². The van der Waals surface area contributed by atoms with Gasteiger partial charge in [-0.3, -0.25) is 9.59 Å². The van der Waals surface area contributed by atoms with Gasteiger partial charge in [0.2, 0.25) is 0 Å². The van der Waals surface area contributed by atoms with Crippen LogP contribution in [0.4, 0.5) is 0 Å². The first kappa shape index (κ1) is 17.2. The molecule has 0 fully saturated rings. The molecule has 0 saturated carbocycles. The van der Waals surface area contributed by atoms with E-state index in [0.29, 0.717) is 0 Å². The number of carboxylic acid groups (broad SMARTS) is 1. The van der Waals surface area contributed by atoms with E-state index >= 15 is 0 Å². The summed E-state index contributed by atoms with van der Waals surface area (Å²) >= 11 is 0. The van der Waals surface area contributed by atoms with Crippen molar-refractivity contribution < 1.29 is 29.0 Å². The zero-order chi connectivity index (χ0) is 14.8. The average molecular weight is 272 g/mol. The Morgan fingerprint density at radius 1 is 1.16 bits per heavy atom. The molecule has 0 aromatic heterocycles. The van der Waals surface area contributed by atoms with E-state index in [0.717, 1.165) is 0 Å².